The molecule has 0 unspecified atom stereocenters. The van der Waals surface area contributed by atoms with Gasteiger partial charge in [-0.15, -0.1) is 0 Å². The zero-order valence-electron chi connectivity index (χ0n) is 19.0. The van der Waals surface area contributed by atoms with Gasteiger partial charge in [-0.2, -0.15) is 5.10 Å². The molecule has 0 aromatic heterocycles. The molecule has 0 bridgehead atoms. The maximum atomic E-state index is 12.5. The van der Waals surface area contributed by atoms with Gasteiger partial charge >= 0.3 is 0 Å². The molecule has 1 aliphatic rings. The molecule has 1 N–H and O–H groups in total. The number of carbonyl (C=O) groups excluding carboxylic acids is 2. The molecule has 2 amide bonds. The molecule has 3 aromatic carbocycles. The van der Waals surface area contributed by atoms with Gasteiger partial charge in [0.1, 0.15) is 18.1 Å². The quantitative estimate of drug-likeness (QED) is 0.386. The summed E-state index contributed by atoms with van der Waals surface area (Å²) in [5, 5.41) is 4.05. The average Bonchev–Trinajstić information content (AvgIpc) is 3.26. The molecule has 4 rings (SSSR count). The average molecular weight is 458 g/mol. The van der Waals surface area contributed by atoms with Crippen molar-refractivity contribution in [1.29, 1.82) is 0 Å². The summed E-state index contributed by atoms with van der Waals surface area (Å²) in [5.74, 6) is 0.686. The molecule has 1 saturated heterocycles. The van der Waals surface area contributed by atoms with Crippen LogP contribution in [-0.4, -0.2) is 31.2 Å². The largest absolute Gasteiger partial charge is 0.494 e. The van der Waals surface area contributed by atoms with E-state index in [0.717, 1.165) is 28.3 Å². The fraction of sp³-hybridized carbons (Fsp3) is 0.222. The highest BCUT2D eigenvalue weighted by Gasteiger charge is 2.35. The van der Waals surface area contributed by atoms with Crippen LogP contribution in [0.15, 0.2) is 84.0 Å². The predicted molar refractivity (Wildman–Crippen MR) is 131 cm³/mol. The third kappa shape index (κ3) is 6.01. The van der Waals surface area contributed by atoms with Crippen molar-refractivity contribution in [3.63, 3.8) is 0 Å². The van der Waals surface area contributed by atoms with Gasteiger partial charge in [-0.25, -0.2) is 5.43 Å². The minimum atomic E-state index is -0.454. The number of rotatable bonds is 9. The number of anilines is 1. The molecule has 0 saturated carbocycles. The molecule has 174 valence electrons. The fourth-order valence-electron chi connectivity index (χ4n) is 3.67. The third-order valence-corrected chi connectivity index (χ3v) is 5.47. The fourth-order valence-corrected chi connectivity index (χ4v) is 3.67. The standard InChI is InChI=1S/C27H27N3O4/c1-2-33-24-14-10-23(11-15-24)30-18-22(16-26(30)31)27(32)29-28-17-20-8-12-25(13-9-20)34-19-21-6-4-3-5-7-21/h3-15,17,22H,2,16,18-19H2,1H3,(H,29,32)/b28-17-/t22-/m1/s1. The second-order valence-electron chi connectivity index (χ2n) is 7.91. The molecule has 1 heterocycles. The smallest absolute Gasteiger partial charge is 0.245 e. The molecule has 1 aliphatic heterocycles. The molecule has 0 aliphatic carbocycles. The van der Waals surface area contributed by atoms with E-state index in [2.05, 4.69) is 10.5 Å². The van der Waals surface area contributed by atoms with Crippen LogP contribution in [0.2, 0.25) is 0 Å². The zero-order chi connectivity index (χ0) is 23.8. The second kappa shape index (κ2) is 11.1. The first-order chi connectivity index (χ1) is 16.6. The first kappa shape index (κ1) is 23.0. The maximum absolute atomic E-state index is 12.5. The van der Waals surface area contributed by atoms with E-state index < -0.39 is 5.92 Å². The molecule has 1 fully saturated rings. The van der Waals surface area contributed by atoms with E-state index in [9.17, 15) is 9.59 Å². The number of benzene rings is 3. The summed E-state index contributed by atoms with van der Waals surface area (Å²) < 4.78 is 11.2. The Morgan fingerprint density at radius 1 is 1.00 bits per heavy atom. The number of amides is 2. The second-order valence-corrected chi connectivity index (χ2v) is 7.91. The lowest BCUT2D eigenvalue weighted by Crippen LogP contribution is -2.30. The molecule has 7 nitrogen and oxygen atoms in total. The van der Waals surface area contributed by atoms with Crippen LogP contribution in [0.4, 0.5) is 5.69 Å². The molecule has 34 heavy (non-hydrogen) atoms. The van der Waals surface area contributed by atoms with Crippen molar-refractivity contribution in [2.75, 3.05) is 18.1 Å². The molecular formula is C27H27N3O4. The first-order valence-electron chi connectivity index (χ1n) is 11.3. The van der Waals surface area contributed by atoms with Crippen LogP contribution in [0.25, 0.3) is 0 Å². The van der Waals surface area contributed by atoms with Crippen LogP contribution >= 0.6 is 0 Å². The lowest BCUT2D eigenvalue weighted by atomic mass is 10.1. The lowest BCUT2D eigenvalue weighted by molar-refractivity contribution is -0.126. The number of carbonyl (C=O) groups is 2. The number of hydrogen-bond acceptors (Lipinski definition) is 5. The highest BCUT2D eigenvalue weighted by Crippen LogP contribution is 2.27. The summed E-state index contributed by atoms with van der Waals surface area (Å²) >= 11 is 0. The number of ether oxygens (including phenoxy) is 2. The van der Waals surface area contributed by atoms with Crippen molar-refractivity contribution in [1.82, 2.24) is 5.43 Å². The van der Waals surface area contributed by atoms with Crippen molar-refractivity contribution < 1.29 is 19.1 Å². The SMILES string of the molecule is CCOc1ccc(N2C[C@H](C(=O)N/N=C\c3ccc(OCc4ccccc4)cc3)CC2=O)cc1. The highest BCUT2D eigenvalue weighted by molar-refractivity contribution is 6.00. The molecular weight excluding hydrogens is 430 g/mol. The van der Waals surface area contributed by atoms with Crippen molar-refractivity contribution in [3.05, 3.63) is 90.0 Å². The Morgan fingerprint density at radius 3 is 2.38 bits per heavy atom. The number of hydrazone groups is 1. The molecule has 0 spiro atoms. The van der Waals surface area contributed by atoms with Gasteiger partial charge in [0.25, 0.3) is 0 Å². The van der Waals surface area contributed by atoms with E-state index in [-0.39, 0.29) is 18.2 Å². The Hall–Kier alpha value is -4.13. The van der Waals surface area contributed by atoms with Crippen LogP contribution in [0, 0.1) is 5.92 Å². The number of nitrogens with one attached hydrogen (secondary N) is 1. The number of nitrogens with zero attached hydrogens (tertiary/aromatic N) is 2. The van der Waals surface area contributed by atoms with Crippen LogP contribution in [0.5, 0.6) is 11.5 Å². The van der Waals surface area contributed by atoms with E-state index in [4.69, 9.17) is 9.47 Å². The van der Waals surface area contributed by atoms with E-state index in [1.165, 1.54) is 0 Å². The summed E-state index contributed by atoms with van der Waals surface area (Å²) in [6, 6.07) is 24.7. The van der Waals surface area contributed by atoms with Gasteiger partial charge in [-0.3, -0.25) is 9.59 Å². The zero-order valence-corrected chi connectivity index (χ0v) is 19.0. The Morgan fingerprint density at radius 2 is 1.68 bits per heavy atom. The number of hydrogen-bond donors (Lipinski definition) is 1. The van der Waals surface area contributed by atoms with Crippen molar-refractivity contribution in [2.24, 2.45) is 11.0 Å². The Kier molecular flexibility index (Phi) is 7.55. The minimum Gasteiger partial charge on any atom is -0.494 e. The van der Waals surface area contributed by atoms with Crippen molar-refractivity contribution in [2.45, 2.75) is 20.0 Å². The molecule has 3 aromatic rings. The molecule has 7 heteroatoms. The molecule has 1 atom stereocenters. The van der Waals surface area contributed by atoms with Gasteiger partial charge in [0.05, 0.1) is 18.7 Å². The summed E-state index contributed by atoms with van der Waals surface area (Å²) in [7, 11) is 0. The third-order valence-electron chi connectivity index (χ3n) is 5.47. The molecule has 0 radical (unpaired) electrons. The highest BCUT2D eigenvalue weighted by atomic mass is 16.5. The van der Waals surface area contributed by atoms with Crippen LogP contribution in [0.1, 0.15) is 24.5 Å². The van der Waals surface area contributed by atoms with Gasteiger partial charge < -0.3 is 14.4 Å². The van der Waals surface area contributed by atoms with E-state index in [1.54, 1.807) is 11.1 Å². The van der Waals surface area contributed by atoms with Crippen LogP contribution in [-0.2, 0) is 16.2 Å². The predicted octanol–water partition coefficient (Wildman–Crippen LogP) is 4.17. The lowest BCUT2D eigenvalue weighted by Gasteiger charge is -2.17. The monoisotopic (exact) mass is 457 g/mol. The van der Waals surface area contributed by atoms with E-state index >= 15 is 0 Å². The summed E-state index contributed by atoms with van der Waals surface area (Å²) in [6.45, 7) is 3.32. The topological polar surface area (TPSA) is 80.2 Å². The van der Waals surface area contributed by atoms with Crippen molar-refractivity contribution >= 4 is 23.7 Å². The van der Waals surface area contributed by atoms with Crippen molar-refractivity contribution in [3.8, 4) is 11.5 Å². The summed E-state index contributed by atoms with van der Waals surface area (Å²) in [4.78, 5) is 26.6. The van der Waals surface area contributed by atoms with E-state index in [1.807, 2.05) is 85.8 Å². The van der Waals surface area contributed by atoms with Gasteiger partial charge in [-0.1, -0.05) is 30.3 Å². The maximum Gasteiger partial charge on any atom is 0.245 e. The van der Waals surface area contributed by atoms with Crippen LogP contribution < -0.4 is 19.8 Å². The van der Waals surface area contributed by atoms with Gasteiger partial charge in [0.2, 0.25) is 11.8 Å². The normalized spacial score (nSPS) is 15.5. The minimum absolute atomic E-state index is 0.0839. The van der Waals surface area contributed by atoms with Crippen LogP contribution in [0.3, 0.4) is 0 Å². The Balaban J connectivity index is 1.26. The first-order valence-corrected chi connectivity index (χ1v) is 11.3. The van der Waals surface area contributed by atoms with Gasteiger partial charge in [0, 0.05) is 18.7 Å². The van der Waals surface area contributed by atoms with E-state index in [0.29, 0.717) is 19.8 Å². The Labute approximate surface area is 199 Å². The Bertz CT molecular complexity index is 1130. The summed E-state index contributed by atoms with van der Waals surface area (Å²) in [6.07, 6.45) is 1.72. The van der Waals surface area contributed by atoms with Gasteiger partial charge in [0.15, 0.2) is 0 Å². The van der Waals surface area contributed by atoms with Gasteiger partial charge in [-0.05, 0) is 66.6 Å². The summed E-state index contributed by atoms with van der Waals surface area (Å²) in [5.41, 5.74) is 5.23.